The summed E-state index contributed by atoms with van der Waals surface area (Å²) in [4.78, 5) is 11.5. The van der Waals surface area contributed by atoms with Gasteiger partial charge in [-0.2, -0.15) is 0 Å². The zero-order chi connectivity index (χ0) is 14.5. The zero-order valence-electron chi connectivity index (χ0n) is 11.0. The molecule has 0 atom stereocenters. The second-order valence-electron chi connectivity index (χ2n) is 4.20. The molecular formula is C15H15FN2O2. The molecule has 0 fully saturated rings. The van der Waals surface area contributed by atoms with Crippen molar-refractivity contribution in [3.63, 3.8) is 0 Å². The van der Waals surface area contributed by atoms with Gasteiger partial charge >= 0.3 is 5.97 Å². The van der Waals surface area contributed by atoms with Gasteiger partial charge in [-0.1, -0.05) is 24.3 Å². The van der Waals surface area contributed by atoms with Crippen LogP contribution < -0.4 is 11.1 Å². The summed E-state index contributed by atoms with van der Waals surface area (Å²) in [6, 6.07) is 11.5. The van der Waals surface area contributed by atoms with Crippen molar-refractivity contribution in [1.82, 2.24) is 0 Å². The van der Waals surface area contributed by atoms with Crippen molar-refractivity contribution in [2.45, 2.75) is 6.54 Å². The van der Waals surface area contributed by atoms with Gasteiger partial charge in [0.25, 0.3) is 0 Å². The van der Waals surface area contributed by atoms with Crippen molar-refractivity contribution in [1.29, 1.82) is 0 Å². The third kappa shape index (κ3) is 2.88. The number of ether oxygens (including phenoxy) is 1. The van der Waals surface area contributed by atoms with E-state index in [2.05, 4.69) is 10.1 Å². The predicted octanol–water partition coefficient (Wildman–Crippen LogP) is 2.81. The van der Waals surface area contributed by atoms with E-state index in [4.69, 9.17) is 5.73 Å². The van der Waals surface area contributed by atoms with E-state index in [0.29, 0.717) is 11.3 Å². The number of nitrogen functional groups attached to an aromatic ring is 1. The van der Waals surface area contributed by atoms with Gasteiger partial charge in [-0.15, -0.1) is 0 Å². The lowest BCUT2D eigenvalue weighted by molar-refractivity contribution is 0.0602. The second kappa shape index (κ2) is 6.06. The highest BCUT2D eigenvalue weighted by atomic mass is 19.1. The van der Waals surface area contributed by atoms with Crippen molar-refractivity contribution in [3.05, 3.63) is 59.4 Å². The fourth-order valence-corrected chi connectivity index (χ4v) is 1.84. The highest BCUT2D eigenvalue weighted by Crippen LogP contribution is 2.24. The number of methoxy groups -OCH3 is 1. The first-order valence-electron chi connectivity index (χ1n) is 6.07. The molecule has 0 amide bonds. The Morgan fingerprint density at radius 1 is 1.25 bits per heavy atom. The van der Waals surface area contributed by atoms with E-state index in [0.717, 1.165) is 0 Å². The SMILES string of the molecule is COC(=O)c1cccc(NCc2ccccc2F)c1N. The van der Waals surface area contributed by atoms with Gasteiger partial charge in [0.2, 0.25) is 0 Å². The van der Waals surface area contributed by atoms with Crippen LogP contribution in [0.3, 0.4) is 0 Å². The summed E-state index contributed by atoms with van der Waals surface area (Å²) in [5.74, 6) is -0.792. The third-order valence-corrected chi connectivity index (χ3v) is 2.94. The molecule has 0 unspecified atom stereocenters. The van der Waals surface area contributed by atoms with E-state index in [9.17, 15) is 9.18 Å². The minimum atomic E-state index is -0.503. The lowest BCUT2D eigenvalue weighted by atomic mass is 10.1. The predicted molar refractivity (Wildman–Crippen MR) is 75.9 cm³/mol. The van der Waals surface area contributed by atoms with E-state index in [1.54, 1.807) is 36.4 Å². The number of nitrogens with two attached hydrogens (primary N) is 1. The van der Waals surface area contributed by atoms with Gasteiger partial charge in [0, 0.05) is 12.1 Å². The Balaban J connectivity index is 2.18. The van der Waals surface area contributed by atoms with Gasteiger partial charge in [-0.25, -0.2) is 9.18 Å². The zero-order valence-corrected chi connectivity index (χ0v) is 11.0. The fourth-order valence-electron chi connectivity index (χ4n) is 1.84. The molecule has 0 aliphatic rings. The van der Waals surface area contributed by atoms with Crippen LogP contribution in [-0.2, 0) is 11.3 Å². The fraction of sp³-hybridized carbons (Fsp3) is 0.133. The minimum absolute atomic E-state index is 0.279. The first kappa shape index (κ1) is 13.9. The summed E-state index contributed by atoms with van der Waals surface area (Å²) in [6.45, 7) is 0.279. The monoisotopic (exact) mass is 274 g/mol. The lowest BCUT2D eigenvalue weighted by Crippen LogP contribution is -2.09. The van der Waals surface area contributed by atoms with E-state index >= 15 is 0 Å². The highest BCUT2D eigenvalue weighted by molar-refractivity contribution is 5.98. The van der Waals surface area contributed by atoms with Crippen LogP contribution in [-0.4, -0.2) is 13.1 Å². The van der Waals surface area contributed by atoms with Crippen LogP contribution in [0.25, 0.3) is 0 Å². The Hall–Kier alpha value is -2.56. The summed E-state index contributed by atoms with van der Waals surface area (Å²) >= 11 is 0. The van der Waals surface area contributed by atoms with Crippen LogP contribution in [0.4, 0.5) is 15.8 Å². The molecule has 0 aromatic heterocycles. The number of para-hydroxylation sites is 1. The average molecular weight is 274 g/mol. The van der Waals surface area contributed by atoms with E-state index < -0.39 is 5.97 Å². The molecule has 104 valence electrons. The molecule has 0 aliphatic heterocycles. The van der Waals surface area contributed by atoms with Crippen LogP contribution >= 0.6 is 0 Å². The average Bonchev–Trinajstić information content (AvgIpc) is 2.47. The number of halogens is 1. The van der Waals surface area contributed by atoms with Gasteiger partial charge in [0.05, 0.1) is 24.0 Å². The summed E-state index contributed by atoms with van der Waals surface area (Å²) in [5, 5.41) is 3.02. The molecule has 0 saturated heterocycles. The Morgan fingerprint density at radius 2 is 2.00 bits per heavy atom. The topological polar surface area (TPSA) is 64.3 Å². The molecule has 2 rings (SSSR count). The molecule has 2 aromatic carbocycles. The van der Waals surface area contributed by atoms with E-state index in [1.165, 1.54) is 13.2 Å². The molecular weight excluding hydrogens is 259 g/mol. The number of benzene rings is 2. The number of hydrogen-bond donors (Lipinski definition) is 2. The van der Waals surface area contributed by atoms with Gasteiger partial charge in [-0.3, -0.25) is 0 Å². The summed E-state index contributed by atoms with van der Waals surface area (Å²) in [6.07, 6.45) is 0. The number of esters is 1. The molecule has 0 spiro atoms. The van der Waals surface area contributed by atoms with Gasteiger partial charge in [0.15, 0.2) is 0 Å². The molecule has 4 nitrogen and oxygen atoms in total. The third-order valence-electron chi connectivity index (χ3n) is 2.94. The van der Waals surface area contributed by atoms with Crippen LogP contribution in [0.1, 0.15) is 15.9 Å². The van der Waals surface area contributed by atoms with Crippen LogP contribution in [0.2, 0.25) is 0 Å². The largest absolute Gasteiger partial charge is 0.465 e. The number of nitrogens with one attached hydrogen (secondary N) is 1. The molecule has 5 heteroatoms. The number of rotatable bonds is 4. The van der Waals surface area contributed by atoms with Crippen LogP contribution in [0.5, 0.6) is 0 Å². The van der Waals surface area contributed by atoms with Crippen LogP contribution in [0.15, 0.2) is 42.5 Å². The number of carbonyl (C=O) groups excluding carboxylic acids is 1. The summed E-state index contributed by atoms with van der Waals surface area (Å²) in [7, 11) is 1.29. The maximum atomic E-state index is 13.5. The summed E-state index contributed by atoms with van der Waals surface area (Å²) in [5.41, 5.74) is 7.57. The molecule has 0 heterocycles. The first-order valence-corrected chi connectivity index (χ1v) is 6.07. The number of anilines is 2. The normalized spacial score (nSPS) is 10.1. The number of carbonyl (C=O) groups is 1. The molecule has 3 N–H and O–H groups in total. The minimum Gasteiger partial charge on any atom is -0.465 e. The molecule has 2 aromatic rings. The molecule has 0 bridgehead atoms. The Morgan fingerprint density at radius 3 is 2.70 bits per heavy atom. The van der Waals surface area contributed by atoms with E-state index in [1.807, 2.05) is 0 Å². The number of hydrogen-bond acceptors (Lipinski definition) is 4. The summed E-state index contributed by atoms with van der Waals surface area (Å²) < 4.78 is 18.2. The van der Waals surface area contributed by atoms with Gasteiger partial charge < -0.3 is 15.8 Å². The first-order chi connectivity index (χ1) is 9.63. The smallest absolute Gasteiger partial charge is 0.340 e. The Kier molecular flexibility index (Phi) is 4.20. The van der Waals surface area contributed by atoms with Crippen LogP contribution in [0, 0.1) is 5.82 Å². The maximum Gasteiger partial charge on any atom is 0.340 e. The highest BCUT2D eigenvalue weighted by Gasteiger charge is 2.12. The molecule has 20 heavy (non-hydrogen) atoms. The Labute approximate surface area is 116 Å². The lowest BCUT2D eigenvalue weighted by Gasteiger charge is -2.12. The molecule has 0 aliphatic carbocycles. The quantitative estimate of drug-likeness (QED) is 0.664. The van der Waals surface area contributed by atoms with Crippen molar-refractivity contribution < 1.29 is 13.9 Å². The van der Waals surface area contributed by atoms with Gasteiger partial charge in [-0.05, 0) is 18.2 Å². The van der Waals surface area contributed by atoms with Crippen molar-refractivity contribution in [2.75, 3.05) is 18.2 Å². The maximum absolute atomic E-state index is 13.5. The molecule has 0 radical (unpaired) electrons. The standard InChI is InChI=1S/C15H15FN2O2/c1-20-15(19)11-6-4-8-13(14(11)17)18-9-10-5-2-3-7-12(10)16/h2-8,18H,9,17H2,1H3. The van der Waals surface area contributed by atoms with Crippen molar-refractivity contribution in [3.8, 4) is 0 Å². The second-order valence-corrected chi connectivity index (χ2v) is 4.20. The molecule has 0 saturated carbocycles. The van der Waals surface area contributed by atoms with Gasteiger partial charge in [0.1, 0.15) is 5.82 Å². The Bertz CT molecular complexity index is 629. The van der Waals surface area contributed by atoms with Crippen molar-refractivity contribution in [2.24, 2.45) is 0 Å². The van der Waals surface area contributed by atoms with E-state index in [-0.39, 0.29) is 23.6 Å². The van der Waals surface area contributed by atoms with Crippen molar-refractivity contribution >= 4 is 17.3 Å².